The van der Waals surface area contributed by atoms with Crippen LogP contribution >= 0.6 is 11.8 Å². The van der Waals surface area contributed by atoms with Crippen molar-refractivity contribution in [2.45, 2.75) is 24.5 Å². The lowest BCUT2D eigenvalue weighted by atomic mass is 10.3. The molecule has 0 saturated carbocycles. The molecule has 1 aromatic carbocycles. The molecule has 0 aliphatic carbocycles. The molecule has 8 heteroatoms. The Hall–Kier alpha value is -2.58. The molecule has 2 aromatic rings. The number of nitrogens with zero attached hydrogens (tertiary/aromatic N) is 5. The van der Waals surface area contributed by atoms with Gasteiger partial charge in [-0.25, -0.2) is 4.98 Å². The second-order valence-corrected chi connectivity index (χ2v) is 5.20. The second kappa shape index (κ2) is 6.73. The average molecular weight is 301 g/mol. The first kappa shape index (κ1) is 14.8. The van der Waals surface area contributed by atoms with Crippen molar-refractivity contribution in [3.63, 3.8) is 0 Å². The molecule has 0 atom stereocenters. The first-order valence-electron chi connectivity index (χ1n) is 6.18. The highest BCUT2D eigenvalue weighted by atomic mass is 32.2. The third kappa shape index (κ3) is 3.30. The number of rotatable bonds is 6. The van der Waals surface area contributed by atoms with Crippen molar-refractivity contribution in [1.82, 2.24) is 9.55 Å². The number of hydrogen-bond donors (Lipinski definition) is 0. The molecular weight excluding hydrogens is 290 g/mol. The molecule has 0 fully saturated rings. The highest BCUT2D eigenvalue weighted by molar-refractivity contribution is 7.99. The number of nitro benzene ring substituents is 1. The fraction of sp³-hybridized carbons (Fsp3) is 0.308. The van der Waals surface area contributed by atoms with Crippen LogP contribution in [-0.4, -0.2) is 20.2 Å². The third-order valence-corrected chi connectivity index (χ3v) is 3.78. The zero-order chi connectivity index (χ0) is 15.2. The predicted molar refractivity (Wildman–Crippen MR) is 77.6 cm³/mol. The van der Waals surface area contributed by atoms with Crippen LogP contribution in [0.2, 0.25) is 0 Å². The minimum Gasteiger partial charge on any atom is -0.318 e. The molecule has 0 radical (unpaired) electrons. The van der Waals surface area contributed by atoms with Crippen molar-refractivity contribution in [3.8, 4) is 12.1 Å². The summed E-state index contributed by atoms with van der Waals surface area (Å²) in [6.45, 7) is 0.472. The lowest BCUT2D eigenvalue weighted by molar-refractivity contribution is -0.384. The zero-order valence-electron chi connectivity index (χ0n) is 11.0. The fourth-order valence-electron chi connectivity index (χ4n) is 1.89. The molecule has 0 bridgehead atoms. The molecule has 0 spiro atoms. The molecule has 7 nitrogen and oxygen atoms in total. The van der Waals surface area contributed by atoms with Crippen LogP contribution in [0.5, 0.6) is 0 Å². The number of hydrogen-bond acceptors (Lipinski definition) is 6. The lowest BCUT2D eigenvalue weighted by Gasteiger charge is -2.05. The number of nitriles is 2. The van der Waals surface area contributed by atoms with Gasteiger partial charge in [-0.1, -0.05) is 11.8 Å². The Kier molecular flexibility index (Phi) is 4.75. The predicted octanol–water partition coefficient (Wildman–Crippen LogP) is 2.86. The van der Waals surface area contributed by atoms with Gasteiger partial charge in [-0.15, -0.1) is 0 Å². The van der Waals surface area contributed by atoms with Crippen molar-refractivity contribution in [3.05, 3.63) is 28.3 Å². The van der Waals surface area contributed by atoms with Gasteiger partial charge in [-0.05, 0) is 6.07 Å². The average Bonchev–Trinajstić information content (AvgIpc) is 2.82. The highest BCUT2D eigenvalue weighted by Crippen LogP contribution is 2.27. The number of non-ortho nitro benzene ring substituents is 1. The van der Waals surface area contributed by atoms with Crippen LogP contribution in [0.4, 0.5) is 5.69 Å². The fourth-order valence-corrected chi connectivity index (χ4v) is 2.77. The number of imidazole rings is 1. The summed E-state index contributed by atoms with van der Waals surface area (Å²) in [6, 6.07) is 8.63. The van der Waals surface area contributed by atoms with Gasteiger partial charge in [0.05, 0.1) is 34.5 Å². The van der Waals surface area contributed by atoms with E-state index in [0.717, 1.165) is 5.52 Å². The Bertz CT molecular complexity index is 756. The first-order valence-corrected chi connectivity index (χ1v) is 7.17. The number of fused-ring (bicyclic) bond motifs is 1. The minimum absolute atomic E-state index is 0.0130. The van der Waals surface area contributed by atoms with Gasteiger partial charge in [0.25, 0.3) is 5.69 Å². The summed E-state index contributed by atoms with van der Waals surface area (Å²) in [7, 11) is 0. The van der Waals surface area contributed by atoms with Crippen molar-refractivity contribution in [2.24, 2.45) is 0 Å². The number of aryl methyl sites for hydroxylation is 1. The van der Waals surface area contributed by atoms with Gasteiger partial charge in [-0.2, -0.15) is 10.5 Å². The summed E-state index contributed by atoms with van der Waals surface area (Å²) in [4.78, 5) is 14.7. The summed E-state index contributed by atoms with van der Waals surface area (Å²) < 4.78 is 1.87. The number of benzene rings is 1. The number of nitro groups is 1. The summed E-state index contributed by atoms with van der Waals surface area (Å²) in [5, 5.41) is 28.8. The van der Waals surface area contributed by atoms with Crippen molar-refractivity contribution in [1.29, 1.82) is 10.5 Å². The molecule has 106 valence electrons. The van der Waals surface area contributed by atoms with Gasteiger partial charge in [0.15, 0.2) is 5.16 Å². The van der Waals surface area contributed by atoms with Gasteiger partial charge < -0.3 is 4.57 Å². The highest BCUT2D eigenvalue weighted by Gasteiger charge is 2.14. The monoisotopic (exact) mass is 301 g/mol. The van der Waals surface area contributed by atoms with Crippen LogP contribution in [-0.2, 0) is 6.54 Å². The zero-order valence-corrected chi connectivity index (χ0v) is 11.8. The van der Waals surface area contributed by atoms with E-state index in [1.807, 2.05) is 4.57 Å². The van der Waals surface area contributed by atoms with E-state index in [1.165, 1.54) is 23.9 Å². The van der Waals surface area contributed by atoms with E-state index in [9.17, 15) is 10.1 Å². The van der Waals surface area contributed by atoms with Crippen LogP contribution in [0, 0.1) is 32.8 Å². The Morgan fingerprint density at radius 3 is 2.76 bits per heavy atom. The normalized spacial score (nSPS) is 10.2. The van der Waals surface area contributed by atoms with Gasteiger partial charge >= 0.3 is 0 Å². The smallest absolute Gasteiger partial charge is 0.271 e. The van der Waals surface area contributed by atoms with Crippen molar-refractivity contribution >= 4 is 28.5 Å². The Morgan fingerprint density at radius 1 is 1.33 bits per heavy atom. The minimum atomic E-state index is -0.462. The maximum absolute atomic E-state index is 10.8. The van der Waals surface area contributed by atoms with E-state index in [4.69, 9.17) is 10.5 Å². The molecule has 0 aliphatic heterocycles. The van der Waals surface area contributed by atoms with Crippen LogP contribution in [0.3, 0.4) is 0 Å². The van der Waals surface area contributed by atoms with E-state index in [-0.39, 0.29) is 5.69 Å². The number of thioether (sulfide) groups is 1. The van der Waals surface area contributed by atoms with Gasteiger partial charge in [0.2, 0.25) is 0 Å². The maximum atomic E-state index is 10.8. The third-order valence-electron chi connectivity index (χ3n) is 2.80. The summed E-state index contributed by atoms with van der Waals surface area (Å²) >= 11 is 1.41. The van der Waals surface area contributed by atoms with Crippen LogP contribution < -0.4 is 0 Å². The molecule has 0 aliphatic rings. The summed E-state index contributed by atoms with van der Waals surface area (Å²) in [6.07, 6.45) is 0.723. The Labute approximate surface area is 125 Å². The van der Waals surface area contributed by atoms with E-state index in [0.29, 0.717) is 35.8 Å². The van der Waals surface area contributed by atoms with E-state index < -0.39 is 4.92 Å². The molecule has 21 heavy (non-hydrogen) atoms. The van der Waals surface area contributed by atoms with Crippen LogP contribution in [0.15, 0.2) is 23.4 Å². The van der Waals surface area contributed by atoms with Crippen molar-refractivity contribution in [2.75, 3.05) is 5.75 Å². The topological polar surface area (TPSA) is 109 Å². The summed E-state index contributed by atoms with van der Waals surface area (Å²) in [5.74, 6) is 0.592. The molecule has 1 aromatic heterocycles. The molecule has 0 N–H and O–H groups in total. The van der Waals surface area contributed by atoms with Crippen LogP contribution in [0.1, 0.15) is 12.8 Å². The summed E-state index contributed by atoms with van der Waals surface area (Å²) in [5.41, 5.74) is 1.28. The van der Waals surface area contributed by atoms with E-state index in [2.05, 4.69) is 17.1 Å². The first-order chi connectivity index (χ1) is 10.2. The number of aromatic nitrogens is 2. The molecule has 2 rings (SSSR count). The van der Waals surface area contributed by atoms with Gasteiger partial charge in [0, 0.05) is 30.9 Å². The van der Waals surface area contributed by atoms with Crippen molar-refractivity contribution < 1.29 is 4.92 Å². The molecule has 1 heterocycles. The van der Waals surface area contributed by atoms with E-state index in [1.54, 1.807) is 6.07 Å². The van der Waals surface area contributed by atoms with Gasteiger partial charge in [0.1, 0.15) is 0 Å². The van der Waals surface area contributed by atoms with Crippen LogP contribution in [0.25, 0.3) is 11.0 Å². The molecule has 0 amide bonds. The standard InChI is InChI=1S/C13H11N5O2S/c14-5-1-7-17-12-4-3-10(18(19)20)9-11(12)16-13(17)21-8-2-6-15/h3-4,9H,1-2,7-8H2. The Morgan fingerprint density at radius 2 is 2.10 bits per heavy atom. The van der Waals surface area contributed by atoms with E-state index >= 15 is 0 Å². The SMILES string of the molecule is N#CCCSc1nc2cc([N+](=O)[O-])ccc2n1CCC#N. The molecular formula is C13H11N5O2S. The lowest BCUT2D eigenvalue weighted by Crippen LogP contribution is -1.99. The van der Waals surface area contributed by atoms with Gasteiger partial charge in [-0.3, -0.25) is 10.1 Å². The second-order valence-electron chi connectivity index (χ2n) is 4.14. The largest absolute Gasteiger partial charge is 0.318 e. The molecule has 0 saturated heterocycles. The molecule has 0 unspecified atom stereocenters. The maximum Gasteiger partial charge on any atom is 0.271 e. The quantitative estimate of drug-likeness (QED) is 0.351. The Balaban J connectivity index is 2.42.